The number of aromatic nitrogens is 3. The van der Waals surface area contributed by atoms with Crippen LogP contribution in [0.2, 0.25) is 0 Å². The maximum absolute atomic E-state index is 5.09. The van der Waals surface area contributed by atoms with Crippen molar-refractivity contribution < 1.29 is 0 Å². The molecule has 0 saturated heterocycles. The Morgan fingerprint density at radius 3 is 1.47 bits per heavy atom. The van der Waals surface area contributed by atoms with E-state index in [1.807, 2.05) is 11.3 Å². The molecule has 0 N–H and O–H groups in total. The van der Waals surface area contributed by atoms with Crippen LogP contribution in [0.15, 0.2) is 176 Å². The van der Waals surface area contributed by atoms with Crippen molar-refractivity contribution in [2.75, 3.05) is 0 Å². The van der Waals surface area contributed by atoms with Gasteiger partial charge in [0.1, 0.15) is 0 Å². The number of hydrogen-bond acceptors (Lipinski definition) is 4. The summed E-state index contributed by atoms with van der Waals surface area (Å²) in [6.07, 6.45) is 0. The quantitative estimate of drug-likeness (QED) is 0.183. The lowest BCUT2D eigenvalue weighted by molar-refractivity contribution is 1.08. The fourth-order valence-electron chi connectivity index (χ4n) is 7.10. The van der Waals surface area contributed by atoms with Crippen LogP contribution >= 0.6 is 11.3 Å². The molecule has 0 bridgehead atoms. The van der Waals surface area contributed by atoms with Gasteiger partial charge in [-0.3, -0.25) is 0 Å². The number of nitrogens with zero attached hydrogens (tertiary/aromatic N) is 3. The molecular formula is C47H29N3S. The van der Waals surface area contributed by atoms with Gasteiger partial charge in [-0.15, -0.1) is 11.3 Å². The van der Waals surface area contributed by atoms with Crippen LogP contribution in [0, 0.1) is 0 Å². The van der Waals surface area contributed by atoms with Crippen molar-refractivity contribution in [2.24, 2.45) is 0 Å². The summed E-state index contributed by atoms with van der Waals surface area (Å²) in [4.78, 5) is 15.2. The lowest BCUT2D eigenvalue weighted by Gasteiger charge is -2.12. The molecule has 10 rings (SSSR count). The van der Waals surface area contributed by atoms with E-state index in [4.69, 9.17) is 15.0 Å². The molecule has 2 aromatic heterocycles. The second-order valence-electron chi connectivity index (χ2n) is 12.9. The number of hydrogen-bond donors (Lipinski definition) is 0. The van der Waals surface area contributed by atoms with Gasteiger partial charge in [-0.05, 0) is 74.1 Å². The first-order valence-corrected chi connectivity index (χ1v) is 17.9. The zero-order valence-electron chi connectivity index (χ0n) is 27.5. The van der Waals surface area contributed by atoms with Crippen LogP contribution in [0.5, 0.6) is 0 Å². The third-order valence-corrected chi connectivity index (χ3v) is 10.8. The zero-order chi connectivity index (χ0) is 33.7. The van der Waals surface area contributed by atoms with Gasteiger partial charge in [0.05, 0.1) is 0 Å². The van der Waals surface area contributed by atoms with Crippen molar-refractivity contribution in [3.8, 4) is 56.4 Å². The molecule has 0 spiro atoms. The van der Waals surface area contributed by atoms with E-state index in [2.05, 4.69) is 176 Å². The fraction of sp³-hybridized carbons (Fsp3) is 0. The Hall–Kier alpha value is -6.49. The van der Waals surface area contributed by atoms with Gasteiger partial charge in [0, 0.05) is 36.9 Å². The van der Waals surface area contributed by atoms with E-state index in [0.717, 1.165) is 33.0 Å². The molecule has 0 atom stereocenters. The van der Waals surface area contributed by atoms with Crippen LogP contribution in [0.25, 0.3) is 98.1 Å². The van der Waals surface area contributed by atoms with E-state index < -0.39 is 0 Å². The molecule has 4 heteroatoms. The molecule has 0 saturated carbocycles. The summed E-state index contributed by atoms with van der Waals surface area (Å²) in [5, 5.41) is 7.25. The Kier molecular flexibility index (Phi) is 7.00. The smallest absolute Gasteiger partial charge is 0.164 e. The van der Waals surface area contributed by atoms with Crippen LogP contribution in [0.3, 0.4) is 0 Å². The maximum Gasteiger partial charge on any atom is 0.164 e. The van der Waals surface area contributed by atoms with E-state index >= 15 is 0 Å². The molecule has 0 aliphatic rings. The first kappa shape index (κ1) is 29.4. The third kappa shape index (κ3) is 5.34. The Morgan fingerprint density at radius 1 is 0.314 bits per heavy atom. The second kappa shape index (κ2) is 12.1. The summed E-state index contributed by atoms with van der Waals surface area (Å²) in [5.74, 6) is 1.95. The number of rotatable bonds is 5. The highest BCUT2D eigenvalue weighted by Crippen LogP contribution is 2.43. The molecule has 10 aromatic rings. The highest BCUT2D eigenvalue weighted by molar-refractivity contribution is 7.26. The Balaban J connectivity index is 1.12. The van der Waals surface area contributed by atoms with Gasteiger partial charge in [0.2, 0.25) is 0 Å². The van der Waals surface area contributed by atoms with E-state index in [1.165, 1.54) is 47.6 Å². The average molecular weight is 668 g/mol. The fourth-order valence-corrected chi connectivity index (χ4v) is 8.27. The molecule has 0 amide bonds. The average Bonchev–Trinajstić information content (AvgIpc) is 3.59. The lowest BCUT2D eigenvalue weighted by Crippen LogP contribution is -2.00. The van der Waals surface area contributed by atoms with Crippen molar-refractivity contribution in [1.82, 2.24) is 15.0 Å². The predicted molar refractivity (Wildman–Crippen MR) is 215 cm³/mol. The normalized spacial score (nSPS) is 11.5. The minimum Gasteiger partial charge on any atom is -0.208 e. The largest absolute Gasteiger partial charge is 0.208 e. The lowest BCUT2D eigenvalue weighted by atomic mass is 9.94. The molecule has 8 aromatic carbocycles. The van der Waals surface area contributed by atoms with Crippen molar-refractivity contribution in [2.45, 2.75) is 0 Å². The topological polar surface area (TPSA) is 38.7 Å². The van der Waals surface area contributed by atoms with Crippen LogP contribution in [0.1, 0.15) is 0 Å². The molecule has 2 heterocycles. The molecule has 51 heavy (non-hydrogen) atoms. The third-order valence-electron chi connectivity index (χ3n) is 9.69. The minimum atomic E-state index is 0.645. The summed E-state index contributed by atoms with van der Waals surface area (Å²) in [6, 6.07) is 62.3. The van der Waals surface area contributed by atoms with Gasteiger partial charge in [0.15, 0.2) is 17.5 Å². The van der Waals surface area contributed by atoms with Crippen LogP contribution < -0.4 is 0 Å². The first-order valence-electron chi connectivity index (χ1n) is 17.1. The van der Waals surface area contributed by atoms with Crippen molar-refractivity contribution >= 4 is 53.1 Å². The second-order valence-corrected chi connectivity index (χ2v) is 14.0. The number of thiophene rings is 1. The Bertz CT molecular complexity index is 2810. The van der Waals surface area contributed by atoms with Crippen molar-refractivity contribution in [3.05, 3.63) is 176 Å². The molecule has 0 unspecified atom stereocenters. The Labute approximate surface area is 299 Å². The number of fused-ring (bicyclic) bond motifs is 5. The van der Waals surface area contributed by atoms with Gasteiger partial charge in [-0.2, -0.15) is 0 Å². The monoisotopic (exact) mass is 667 g/mol. The SMILES string of the molecule is c1ccc(-c2cc(-c3ccc(-c4nc(-c5ccc6ccccc6c5)nc(-c5ccc6ccccc6c5)n4)cc3)c3c(c2)sc2ccccc23)cc1. The van der Waals surface area contributed by atoms with Crippen LogP contribution in [0.4, 0.5) is 0 Å². The van der Waals surface area contributed by atoms with Gasteiger partial charge in [-0.25, -0.2) is 15.0 Å². The molecule has 3 nitrogen and oxygen atoms in total. The van der Waals surface area contributed by atoms with Gasteiger partial charge in [-0.1, -0.05) is 146 Å². The van der Waals surface area contributed by atoms with Gasteiger partial charge >= 0.3 is 0 Å². The Morgan fingerprint density at radius 2 is 0.824 bits per heavy atom. The summed E-state index contributed by atoms with van der Waals surface area (Å²) in [5.41, 5.74) is 7.66. The van der Waals surface area contributed by atoms with Crippen LogP contribution in [-0.2, 0) is 0 Å². The van der Waals surface area contributed by atoms with E-state index in [9.17, 15) is 0 Å². The highest BCUT2D eigenvalue weighted by Gasteiger charge is 2.16. The van der Waals surface area contributed by atoms with E-state index in [1.54, 1.807) is 0 Å². The van der Waals surface area contributed by atoms with Crippen molar-refractivity contribution in [1.29, 1.82) is 0 Å². The summed E-state index contributed by atoms with van der Waals surface area (Å²) in [6.45, 7) is 0. The highest BCUT2D eigenvalue weighted by atomic mass is 32.1. The first-order chi connectivity index (χ1) is 25.2. The summed E-state index contributed by atoms with van der Waals surface area (Å²) < 4.78 is 2.58. The van der Waals surface area contributed by atoms with Gasteiger partial charge < -0.3 is 0 Å². The molecule has 0 fully saturated rings. The predicted octanol–water partition coefficient (Wildman–Crippen LogP) is 12.9. The molecule has 238 valence electrons. The van der Waals surface area contributed by atoms with E-state index in [0.29, 0.717) is 17.5 Å². The molecular weight excluding hydrogens is 639 g/mol. The zero-order valence-corrected chi connectivity index (χ0v) is 28.3. The van der Waals surface area contributed by atoms with Gasteiger partial charge in [0.25, 0.3) is 0 Å². The standard InChI is InChI=1S/C47H29N3S/c1-2-10-30(11-3-1)39-28-41(44-40-16-8-9-17-42(40)51-43(44)29-39)33-20-22-34(23-21-33)45-48-46(37-24-18-31-12-4-6-14-35(31)26-37)50-47(49-45)38-25-19-32-13-5-7-15-36(32)27-38/h1-29H. The molecule has 0 radical (unpaired) electrons. The summed E-state index contributed by atoms with van der Waals surface area (Å²) >= 11 is 1.85. The maximum atomic E-state index is 5.09. The van der Waals surface area contributed by atoms with E-state index in [-0.39, 0.29) is 0 Å². The molecule has 0 aliphatic heterocycles. The van der Waals surface area contributed by atoms with Crippen LogP contribution in [-0.4, -0.2) is 15.0 Å². The number of benzene rings is 8. The molecule has 0 aliphatic carbocycles. The minimum absolute atomic E-state index is 0.645. The van der Waals surface area contributed by atoms with Crippen molar-refractivity contribution in [3.63, 3.8) is 0 Å². The summed E-state index contributed by atoms with van der Waals surface area (Å²) in [7, 11) is 0.